The topological polar surface area (TPSA) is 759 Å². The van der Waals surface area contributed by atoms with Crippen LogP contribution in [0.15, 0.2) is 25.3 Å². The number of thiocarbonyl (C=S) groups is 3. The third kappa shape index (κ3) is 37.1. The Morgan fingerprint density at radius 1 is 0.396 bits per heavy atom. The van der Waals surface area contributed by atoms with E-state index < -0.39 is 148 Å². The number of unbranched alkanes of at least 4 members (excludes halogenated alkanes) is 12. The number of hydrogen-bond donors (Lipinski definition) is 25. The van der Waals surface area contributed by atoms with Crippen molar-refractivity contribution in [3.8, 4) is 0 Å². The van der Waals surface area contributed by atoms with Crippen LogP contribution in [0.2, 0.25) is 0 Å². The maximum absolute atomic E-state index is 10.8. The summed E-state index contributed by atoms with van der Waals surface area (Å²) in [7, 11) is -15.0. The first-order valence-electron chi connectivity index (χ1n) is 41.2. The number of rotatable bonds is 45. The van der Waals surface area contributed by atoms with E-state index in [1.807, 2.05) is 20.8 Å². The van der Waals surface area contributed by atoms with E-state index in [4.69, 9.17) is 125 Å². The number of phosphoric acid groups is 3. The van der Waals surface area contributed by atoms with Crippen LogP contribution in [-0.4, -0.2) is 306 Å². The van der Waals surface area contributed by atoms with Crippen LogP contribution in [0.3, 0.4) is 0 Å². The summed E-state index contributed by atoms with van der Waals surface area (Å²) in [6.45, 7) is 9.24. The molecule has 12 heterocycles. The molecule has 8 aromatic rings. The first-order chi connectivity index (χ1) is 61.3. The Hall–Kier alpha value is -3.32. The predicted molar refractivity (Wildman–Crippen MR) is 496 cm³/mol. The number of nitrogens with two attached hydrogens (primary N) is 1. The van der Waals surface area contributed by atoms with Crippen LogP contribution in [0.1, 0.15) is 156 Å². The van der Waals surface area contributed by atoms with Gasteiger partial charge in [-0.3, -0.25) is 32.0 Å². The molecule has 0 spiro atoms. The molecule has 7 unspecified atom stereocenters. The normalized spacial score (nSPS) is 23.6. The average molecular weight is 2110 g/mol. The Morgan fingerprint density at radius 2 is 0.604 bits per heavy atom. The van der Waals surface area contributed by atoms with Crippen LogP contribution in [-0.2, 0) is 46.2 Å². The molecule has 0 radical (unpaired) electrons. The van der Waals surface area contributed by atoms with Gasteiger partial charge < -0.3 is 177 Å². The number of nitrogens with zero attached hydrogens (tertiary/aromatic N) is 12. The fourth-order valence-corrected chi connectivity index (χ4v) is 16.1. The molecule has 0 saturated carbocycles. The van der Waals surface area contributed by atoms with Gasteiger partial charge >= 0.3 is 88.7 Å². The molecule has 0 aromatic carbocycles. The summed E-state index contributed by atoms with van der Waals surface area (Å²) < 4.78 is 74.6. The van der Waals surface area contributed by atoms with E-state index in [-0.39, 0.29) is 116 Å². The Kier molecular flexibility index (Phi) is 54.8. The molecule has 50 nitrogen and oxygen atoms in total. The zero-order valence-electron chi connectivity index (χ0n) is 73.9. The third-order valence-corrected chi connectivity index (χ3v) is 23.3. The van der Waals surface area contributed by atoms with Crippen molar-refractivity contribution >= 4 is 192 Å². The number of anilines is 4. The van der Waals surface area contributed by atoms with Gasteiger partial charge in [0.25, 0.3) is 23.5 Å². The summed E-state index contributed by atoms with van der Waals surface area (Å²) >= 11 is 36.2. The number of fused-ring (bicyclic) bond motifs is 4. The Morgan fingerprint density at radius 3 is 0.806 bits per heavy atom. The molecule has 0 bridgehead atoms. The van der Waals surface area contributed by atoms with Gasteiger partial charge in [-0.25, -0.2) is 39.9 Å². The number of aromatic nitrogens is 16. The minimum absolute atomic E-state index is 0. The standard InChI is InChI=1S/2C18H29N6O7PS2.C18H28N6O4S2.C16H27N6O7PS.CH4.H3N.3Na/c2*1-10(33)19-6-4-2-3-5-7-20-18-22-15-12(16(34)23-18)21-9-24(15)17-14(26)13(25)11(31-17)8-30-32(27,28)29;1-10(29)19-6-4-2-3-5-7-20-18-22-15-12(16(30)23-18)21-9-24(15)17-14(27)13(26)11(8-25)28-17;17-5-3-1-2-4-6-18-16-20-13-10(14(31)21-16)19-8-22(13)15-12(24)11(23)9(29-15)7-28-30(25,26)27;;;;;/h2*9,11,13-14,17,25-26H,2-8H2,1H3,(H,19,33)(H2,27,28,29)(H2,20,22,23,34);9,11,13-14,17,25-27H,2-8H2,1H3,(H,19,29)(H2,20,22,23,30);8-9,11-12,15,23-24H,1-7,17H2,(H2,25,26,27)(H2,18,20,21,31);1H4;1H3;;;/q;;;;;;3*+1/p-3/t3*11-,13+,14?,17-;9-,11+,12?,15-;;;;;/m1111...../s1. The van der Waals surface area contributed by atoms with Crippen molar-refractivity contribution in [2.24, 2.45) is 5.73 Å². The van der Waals surface area contributed by atoms with Gasteiger partial charge in [0.1, 0.15) is 118 Å². The Labute approximate surface area is 873 Å². The fourth-order valence-electron chi connectivity index (χ4n) is 13.8. The summed E-state index contributed by atoms with van der Waals surface area (Å²) in [5, 5.41) is 114. The monoisotopic (exact) mass is 2110 g/mol. The first-order valence-corrected chi connectivity index (χ1v) is 48.6. The molecule has 0 aliphatic carbocycles. The second kappa shape index (κ2) is 59.7. The molecule has 28 N–H and O–H groups in total. The van der Waals surface area contributed by atoms with Crippen LogP contribution in [0.4, 0.5) is 23.8 Å². The number of ether oxygens (including phenoxy) is 4. The second-order valence-corrected chi connectivity index (χ2v) is 37.2. The quantitative estimate of drug-likeness (QED) is 0.00730. The van der Waals surface area contributed by atoms with Crippen LogP contribution >= 0.6 is 109 Å². The molecule has 8 aromatic heterocycles. The maximum Gasteiger partial charge on any atom is 1.00 e. The van der Waals surface area contributed by atoms with Gasteiger partial charge in [0.05, 0.1) is 66.7 Å². The third-order valence-electron chi connectivity index (χ3n) is 20.4. The summed E-state index contributed by atoms with van der Waals surface area (Å²) in [4.78, 5) is 108. The van der Waals surface area contributed by atoms with Crippen molar-refractivity contribution in [3.05, 3.63) is 43.9 Å². The molecule has 4 aliphatic heterocycles. The van der Waals surface area contributed by atoms with Crippen molar-refractivity contribution in [1.82, 2.24) is 100 Å². The van der Waals surface area contributed by atoms with E-state index in [0.29, 0.717) is 99.3 Å². The number of phosphoric ester groups is 3. The molecule has 4 aliphatic rings. The number of imidazole rings is 4. The van der Waals surface area contributed by atoms with E-state index >= 15 is 0 Å². The van der Waals surface area contributed by atoms with E-state index in [9.17, 15) is 74.3 Å². The van der Waals surface area contributed by atoms with Gasteiger partial charge in [-0.2, -0.15) is 0 Å². The summed E-state index contributed by atoms with van der Waals surface area (Å²) in [5.74, 6) is 1.74. The van der Waals surface area contributed by atoms with Gasteiger partial charge in [-0.05, 0) is 78.7 Å². The van der Waals surface area contributed by atoms with Crippen molar-refractivity contribution in [2.45, 2.75) is 229 Å². The van der Waals surface area contributed by atoms with Gasteiger partial charge in [0.15, 0.2) is 43.5 Å². The Balaban J connectivity index is 0.000000369. The minimum atomic E-state index is -5.01. The summed E-state index contributed by atoms with van der Waals surface area (Å²) in [6.07, 6.45) is 2.20. The molecule has 736 valence electrons. The Bertz CT molecular complexity index is 5230. The predicted octanol–water partition coefficient (Wildman–Crippen LogP) is -6.67. The van der Waals surface area contributed by atoms with Crippen LogP contribution in [0.25, 0.3) is 44.7 Å². The molecular formula is C71H117N25Na3O25P3S7. The molecular weight excluding hydrogens is 1990 g/mol. The van der Waals surface area contributed by atoms with Crippen molar-refractivity contribution in [3.63, 3.8) is 0 Å². The van der Waals surface area contributed by atoms with Crippen molar-refractivity contribution < 1.29 is 210 Å². The van der Waals surface area contributed by atoms with Gasteiger partial charge in [-0.1, -0.05) is 144 Å². The molecule has 19 atom stereocenters. The SMILES string of the molecule is C.CC(=S)NCCCCCCNc1nc(=S)c2ncn([C@@H]3O[C@H](CO)[C@H](O)C3O)c2[nH]1.CC(=S)NCCCCCCNc1nc(=S)c2ncn([C@@H]3O[C@H](COP(=O)([O-])O)[C@H](O)C3O)c2[nH]1.CC(=S)NCCCCCCNc1nc(=S)c2ncn([C@@H]3O[C@H](COP(=O)([O-])O)[C@H](O)C3O)c2[nH]1.N.NCCCCCCNc1nc(=S)c2ncn([C@@H]3O[C@H](COP(=O)([O-])O)[C@H](O)C3O)c2[nH]1.[Na+].[Na+].[Na+]. The zero-order valence-corrected chi connectivity index (χ0v) is 88.3. The number of aliphatic hydroxyl groups is 9. The molecule has 4 saturated heterocycles. The number of nitrogens with one attached hydrogen (secondary N) is 11. The maximum atomic E-state index is 10.8. The van der Waals surface area contributed by atoms with Crippen LogP contribution in [0.5, 0.6) is 0 Å². The van der Waals surface area contributed by atoms with E-state index in [1.54, 1.807) is 4.57 Å². The smallest absolute Gasteiger partial charge is 0.756 e. The molecule has 12 rings (SSSR count). The van der Waals surface area contributed by atoms with Gasteiger partial charge in [0, 0.05) is 45.8 Å². The van der Waals surface area contributed by atoms with Gasteiger partial charge in [-0.15, -0.1) is 0 Å². The number of aliphatic hydroxyl groups excluding tert-OH is 9. The minimum Gasteiger partial charge on any atom is -0.756 e. The molecule has 63 heteroatoms. The first kappa shape index (κ1) is 123. The molecule has 0 amide bonds. The van der Waals surface area contributed by atoms with Crippen molar-refractivity contribution in [1.29, 1.82) is 0 Å². The van der Waals surface area contributed by atoms with E-state index in [2.05, 4.69) is 111 Å². The summed E-state index contributed by atoms with van der Waals surface area (Å²) in [5.41, 5.74) is 8.78. The number of aromatic amines is 4. The summed E-state index contributed by atoms with van der Waals surface area (Å²) in [6, 6.07) is 0. The number of H-pyrrole nitrogens is 4. The van der Waals surface area contributed by atoms with Gasteiger partial charge in [0.2, 0.25) is 23.8 Å². The van der Waals surface area contributed by atoms with E-state index in [0.717, 1.165) is 144 Å². The number of hydrogen-bond acceptors (Lipinski definition) is 43. The average Bonchev–Trinajstić information content (AvgIpc) is 1.63. The zero-order chi connectivity index (χ0) is 94.0. The van der Waals surface area contributed by atoms with Crippen LogP contribution in [0, 0.1) is 18.6 Å². The van der Waals surface area contributed by atoms with Crippen molar-refractivity contribution in [2.75, 3.05) is 100 Å². The fraction of sp³-hybridized carbons (Fsp3) is 0.676. The molecule has 134 heavy (non-hydrogen) atoms. The molecule has 4 fully saturated rings. The largest absolute Gasteiger partial charge is 1.00 e. The van der Waals surface area contributed by atoms with Crippen LogP contribution < -0.4 is 152 Å². The van der Waals surface area contributed by atoms with E-state index in [1.165, 1.54) is 39.0 Å². The second-order valence-electron chi connectivity index (χ2n) is 30.2.